The monoisotopic (exact) mass is 221 g/mol. The second kappa shape index (κ2) is 6.21. The SMILES string of the molecule is CN(C)CCNCc1cccc(C#N)c1F. The van der Waals surface area contributed by atoms with Gasteiger partial charge in [0.25, 0.3) is 0 Å². The van der Waals surface area contributed by atoms with Crippen molar-refractivity contribution in [1.82, 2.24) is 10.2 Å². The minimum Gasteiger partial charge on any atom is -0.311 e. The molecule has 0 bridgehead atoms. The lowest BCUT2D eigenvalue weighted by Gasteiger charge is -2.10. The zero-order chi connectivity index (χ0) is 12.0. The second-order valence-electron chi connectivity index (χ2n) is 3.87. The van der Waals surface area contributed by atoms with Crippen LogP contribution in [0.5, 0.6) is 0 Å². The minimum absolute atomic E-state index is 0.104. The molecule has 1 N–H and O–H groups in total. The Kier molecular flexibility index (Phi) is 4.90. The Bertz CT molecular complexity index is 382. The molecule has 0 atom stereocenters. The first-order valence-electron chi connectivity index (χ1n) is 5.18. The largest absolute Gasteiger partial charge is 0.311 e. The van der Waals surface area contributed by atoms with Crippen LogP contribution in [0.4, 0.5) is 4.39 Å². The van der Waals surface area contributed by atoms with Crippen molar-refractivity contribution in [3.8, 4) is 6.07 Å². The van der Waals surface area contributed by atoms with E-state index in [1.807, 2.05) is 20.2 Å². The number of hydrogen-bond acceptors (Lipinski definition) is 3. The van der Waals surface area contributed by atoms with Gasteiger partial charge in [-0.2, -0.15) is 5.26 Å². The molecule has 0 aromatic heterocycles. The highest BCUT2D eigenvalue weighted by atomic mass is 19.1. The fourth-order valence-corrected chi connectivity index (χ4v) is 1.33. The summed E-state index contributed by atoms with van der Waals surface area (Å²) in [5, 5.41) is 11.8. The van der Waals surface area contributed by atoms with Gasteiger partial charge >= 0.3 is 0 Å². The summed E-state index contributed by atoms with van der Waals surface area (Å²) in [5.74, 6) is -0.414. The maximum Gasteiger partial charge on any atom is 0.145 e. The number of nitrogens with zero attached hydrogens (tertiary/aromatic N) is 2. The molecule has 0 aliphatic heterocycles. The lowest BCUT2D eigenvalue weighted by atomic mass is 10.1. The molecule has 0 saturated carbocycles. The van der Waals surface area contributed by atoms with Crippen LogP contribution in [0, 0.1) is 17.1 Å². The molecule has 0 aliphatic carbocycles. The highest BCUT2D eigenvalue weighted by Crippen LogP contribution is 2.11. The number of rotatable bonds is 5. The molecule has 0 amide bonds. The van der Waals surface area contributed by atoms with Crippen molar-refractivity contribution in [1.29, 1.82) is 5.26 Å². The van der Waals surface area contributed by atoms with Gasteiger partial charge in [0.05, 0.1) is 5.56 Å². The van der Waals surface area contributed by atoms with Crippen molar-refractivity contribution < 1.29 is 4.39 Å². The molecule has 0 heterocycles. The topological polar surface area (TPSA) is 39.1 Å². The summed E-state index contributed by atoms with van der Waals surface area (Å²) in [6.07, 6.45) is 0. The van der Waals surface area contributed by atoms with Gasteiger partial charge in [0.1, 0.15) is 11.9 Å². The maximum absolute atomic E-state index is 13.6. The number of likely N-dealkylation sites (N-methyl/N-ethyl adjacent to an activating group) is 1. The van der Waals surface area contributed by atoms with Gasteiger partial charge in [-0.3, -0.25) is 0 Å². The third-order valence-corrected chi connectivity index (χ3v) is 2.25. The summed E-state index contributed by atoms with van der Waals surface area (Å²) in [6, 6.07) is 6.71. The van der Waals surface area contributed by atoms with Crippen LogP contribution < -0.4 is 5.32 Å². The Morgan fingerprint density at radius 3 is 2.81 bits per heavy atom. The average Bonchev–Trinajstić information content (AvgIpc) is 2.26. The van der Waals surface area contributed by atoms with Gasteiger partial charge in [0.2, 0.25) is 0 Å². The van der Waals surface area contributed by atoms with Crippen molar-refractivity contribution in [2.24, 2.45) is 0 Å². The third-order valence-electron chi connectivity index (χ3n) is 2.25. The third kappa shape index (κ3) is 3.61. The lowest BCUT2D eigenvalue weighted by Crippen LogP contribution is -2.26. The van der Waals surface area contributed by atoms with Crippen molar-refractivity contribution in [2.45, 2.75) is 6.54 Å². The molecular formula is C12H16FN3. The molecule has 4 heteroatoms. The van der Waals surface area contributed by atoms with Crippen molar-refractivity contribution in [3.63, 3.8) is 0 Å². The highest BCUT2D eigenvalue weighted by Gasteiger charge is 2.06. The first kappa shape index (κ1) is 12.6. The van der Waals surface area contributed by atoms with E-state index in [1.165, 1.54) is 6.07 Å². The maximum atomic E-state index is 13.6. The molecule has 0 fully saturated rings. The second-order valence-corrected chi connectivity index (χ2v) is 3.87. The van der Waals surface area contributed by atoms with Crippen molar-refractivity contribution in [2.75, 3.05) is 27.2 Å². The molecule has 0 spiro atoms. The van der Waals surface area contributed by atoms with E-state index in [0.717, 1.165) is 13.1 Å². The molecule has 86 valence electrons. The van der Waals surface area contributed by atoms with Crippen LogP contribution in [0.25, 0.3) is 0 Å². The Labute approximate surface area is 95.5 Å². The summed E-state index contributed by atoms with van der Waals surface area (Å²) in [5.41, 5.74) is 0.643. The van der Waals surface area contributed by atoms with Gasteiger partial charge in [0.15, 0.2) is 0 Å². The first-order valence-corrected chi connectivity index (χ1v) is 5.18. The van der Waals surface area contributed by atoms with E-state index in [1.54, 1.807) is 12.1 Å². The predicted molar refractivity (Wildman–Crippen MR) is 61.4 cm³/mol. The molecule has 1 rings (SSSR count). The van der Waals surface area contributed by atoms with Gasteiger partial charge in [-0.15, -0.1) is 0 Å². The van der Waals surface area contributed by atoms with Crippen LogP contribution in [-0.4, -0.2) is 32.1 Å². The molecular weight excluding hydrogens is 205 g/mol. The van der Waals surface area contributed by atoms with Gasteiger partial charge in [-0.25, -0.2) is 4.39 Å². The molecule has 1 aromatic rings. The fourth-order valence-electron chi connectivity index (χ4n) is 1.33. The van der Waals surface area contributed by atoms with E-state index in [-0.39, 0.29) is 5.56 Å². The normalized spacial score (nSPS) is 10.4. The van der Waals surface area contributed by atoms with Gasteiger partial charge < -0.3 is 10.2 Å². The zero-order valence-corrected chi connectivity index (χ0v) is 9.63. The molecule has 0 saturated heterocycles. The van der Waals surface area contributed by atoms with Crippen LogP contribution in [-0.2, 0) is 6.54 Å². The summed E-state index contributed by atoms with van der Waals surface area (Å²) in [7, 11) is 3.97. The van der Waals surface area contributed by atoms with E-state index in [4.69, 9.17) is 5.26 Å². The van der Waals surface area contributed by atoms with Crippen LogP contribution in [0.15, 0.2) is 18.2 Å². The lowest BCUT2D eigenvalue weighted by molar-refractivity contribution is 0.399. The van der Waals surface area contributed by atoms with Crippen molar-refractivity contribution in [3.05, 3.63) is 35.1 Å². The van der Waals surface area contributed by atoms with Crippen LogP contribution in [0.2, 0.25) is 0 Å². The van der Waals surface area contributed by atoms with E-state index < -0.39 is 5.82 Å². The van der Waals surface area contributed by atoms with Crippen molar-refractivity contribution >= 4 is 0 Å². The molecule has 0 radical (unpaired) electrons. The summed E-state index contributed by atoms with van der Waals surface area (Å²) >= 11 is 0. The quantitative estimate of drug-likeness (QED) is 0.763. The average molecular weight is 221 g/mol. The Hall–Kier alpha value is -1.44. The fraction of sp³-hybridized carbons (Fsp3) is 0.417. The van der Waals surface area contributed by atoms with Crippen LogP contribution >= 0.6 is 0 Å². The number of nitriles is 1. The number of halogens is 1. The first-order chi connectivity index (χ1) is 7.65. The molecule has 16 heavy (non-hydrogen) atoms. The zero-order valence-electron chi connectivity index (χ0n) is 9.63. The summed E-state index contributed by atoms with van der Waals surface area (Å²) in [6.45, 7) is 2.15. The predicted octanol–water partition coefficient (Wildman–Crippen LogP) is 1.35. The molecule has 3 nitrogen and oxygen atoms in total. The number of hydrogen-bond donors (Lipinski definition) is 1. The Morgan fingerprint density at radius 2 is 2.19 bits per heavy atom. The van der Waals surface area contributed by atoms with Crippen LogP contribution in [0.3, 0.4) is 0 Å². The highest BCUT2D eigenvalue weighted by molar-refractivity contribution is 5.34. The summed E-state index contributed by atoms with van der Waals surface area (Å²) < 4.78 is 13.6. The van der Waals surface area contributed by atoms with E-state index in [2.05, 4.69) is 10.2 Å². The Morgan fingerprint density at radius 1 is 1.44 bits per heavy atom. The Balaban J connectivity index is 2.52. The standard InChI is InChI=1S/C12H16FN3/c1-16(2)7-6-15-9-11-5-3-4-10(8-14)12(11)13/h3-5,15H,6-7,9H2,1-2H3. The minimum atomic E-state index is -0.414. The molecule has 1 aromatic carbocycles. The van der Waals surface area contributed by atoms with E-state index in [0.29, 0.717) is 12.1 Å². The molecule has 0 unspecified atom stereocenters. The summed E-state index contributed by atoms with van der Waals surface area (Å²) in [4.78, 5) is 2.05. The van der Waals surface area contributed by atoms with E-state index in [9.17, 15) is 4.39 Å². The van der Waals surface area contributed by atoms with E-state index >= 15 is 0 Å². The van der Waals surface area contributed by atoms with Crippen LogP contribution in [0.1, 0.15) is 11.1 Å². The van der Waals surface area contributed by atoms with Gasteiger partial charge in [-0.1, -0.05) is 12.1 Å². The number of nitrogens with one attached hydrogen (secondary N) is 1. The van der Waals surface area contributed by atoms with Gasteiger partial charge in [0, 0.05) is 25.2 Å². The van der Waals surface area contributed by atoms with Gasteiger partial charge in [-0.05, 0) is 20.2 Å². The smallest absolute Gasteiger partial charge is 0.145 e. The molecule has 0 aliphatic rings. The number of benzene rings is 1.